The van der Waals surface area contributed by atoms with Gasteiger partial charge >= 0.3 is 5.30 Å². The Bertz CT molecular complexity index is 126. The third kappa shape index (κ3) is 3.77. The number of rotatable bonds is 1. The molecule has 0 saturated heterocycles. The largest absolute Gasteiger partial charge is 0.454 e. The summed E-state index contributed by atoms with van der Waals surface area (Å²) in [7, 11) is 0. The number of hydrogen-bond acceptors (Lipinski definition) is 2. The van der Waals surface area contributed by atoms with Gasteiger partial charge in [0.1, 0.15) is 6.10 Å². The second-order valence-electron chi connectivity index (χ2n) is 3.39. The van der Waals surface area contributed by atoms with E-state index in [1.54, 1.807) is 0 Å². The molecule has 0 fully saturated rings. The summed E-state index contributed by atoms with van der Waals surface area (Å²) in [6.45, 7) is 7.88. The van der Waals surface area contributed by atoms with Crippen molar-refractivity contribution in [1.82, 2.24) is 0 Å². The number of thiol groups is 1. The van der Waals surface area contributed by atoms with Crippen LogP contribution in [0.2, 0.25) is 0 Å². The van der Waals surface area contributed by atoms with Crippen molar-refractivity contribution in [3.05, 3.63) is 0 Å². The Balaban J connectivity index is 3.85. The molecule has 60 valence electrons. The van der Waals surface area contributed by atoms with Gasteiger partial charge < -0.3 is 4.74 Å². The van der Waals surface area contributed by atoms with E-state index in [1.165, 1.54) is 0 Å². The lowest BCUT2D eigenvalue weighted by atomic mass is 9.90. The maximum atomic E-state index is 10.3. The quantitative estimate of drug-likeness (QED) is 0.473. The van der Waals surface area contributed by atoms with Crippen LogP contribution in [0.1, 0.15) is 27.7 Å². The summed E-state index contributed by atoms with van der Waals surface area (Å²) in [6, 6.07) is 0. The zero-order valence-electron chi connectivity index (χ0n) is 6.84. The van der Waals surface area contributed by atoms with Gasteiger partial charge in [-0.25, -0.2) is 4.79 Å². The molecule has 0 bridgehead atoms. The van der Waals surface area contributed by atoms with E-state index in [2.05, 4.69) is 12.6 Å². The van der Waals surface area contributed by atoms with Gasteiger partial charge in [0, 0.05) is 0 Å². The molecule has 0 radical (unpaired) electrons. The van der Waals surface area contributed by atoms with Crippen molar-refractivity contribution < 1.29 is 9.53 Å². The Labute approximate surface area is 67.4 Å². The molecule has 0 aromatic carbocycles. The molecule has 0 aromatic heterocycles. The van der Waals surface area contributed by atoms with Crippen LogP contribution in [0.4, 0.5) is 4.79 Å². The molecule has 2 nitrogen and oxygen atoms in total. The zero-order chi connectivity index (χ0) is 8.36. The molecule has 3 heteroatoms. The fraction of sp³-hybridized carbons (Fsp3) is 0.857. The van der Waals surface area contributed by atoms with Crippen molar-refractivity contribution in [2.45, 2.75) is 33.8 Å². The Morgan fingerprint density at radius 3 is 2.00 bits per heavy atom. The van der Waals surface area contributed by atoms with Crippen molar-refractivity contribution in [3.8, 4) is 0 Å². The Morgan fingerprint density at radius 1 is 1.50 bits per heavy atom. The van der Waals surface area contributed by atoms with Crippen LogP contribution in [0.5, 0.6) is 0 Å². The minimum Gasteiger partial charge on any atom is -0.454 e. The van der Waals surface area contributed by atoms with Crippen molar-refractivity contribution in [3.63, 3.8) is 0 Å². The summed E-state index contributed by atoms with van der Waals surface area (Å²) in [5.74, 6) is 0. The van der Waals surface area contributed by atoms with E-state index < -0.39 is 5.30 Å². The minimum absolute atomic E-state index is 0.00160. The van der Waals surface area contributed by atoms with Crippen molar-refractivity contribution >= 4 is 17.9 Å². The normalized spacial score (nSPS) is 14.5. The third-order valence-corrected chi connectivity index (χ3v) is 1.60. The first-order valence-corrected chi connectivity index (χ1v) is 3.68. The summed E-state index contributed by atoms with van der Waals surface area (Å²) < 4.78 is 4.84. The van der Waals surface area contributed by atoms with E-state index in [4.69, 9.17) is 4.74 Å². The van der Waals surface area contributed by atoms with E-state index in [1.807, 2.05) is 27.7 Å². The number of ether oxygens (including phenoxy) is 1. The first-order chi connectivity index (χ1) is 4.34. The van der Waals surface area contributed by atoms with Crippen molar-refractivity contribution in [2.75, 3.05) is 0 Å². The Hall–Kier alpha value is -0.180. The predicted octanol–water partition coefficient (Wildman–Crippen LogP) is 2.49. The lowest BCUT2D eigenvalue weighted by molar-refractivity contribution is 0.0614. The van der Waals surface area contributed by atoms with E-state index in [9.17, 15) is 4.79 Å². The van der Waals surface area contributed by atoms with Gasteiger partial charge in [-0.05, 0) is 12.3 Å². The number of hydrogen-bond donors (Lipinski definition) is 1. The maximum absolute atomic E-state index is 10.3. The lowest BCUT2D eigenvalue weighted by Crippen LogP contribution is -2.26. The minimum atomic E-state index is -0.512. The van der Waals surface area contributed by atoms with Gasteiger partial charge in [-0.3, -0.25) is 0 Å². The van der Waals surface area contributed by atoms with E-state index in [0.29, 0.717) is 0 Å². The summed E-state index contributed by atoms with van der Waals surface area (Å²) in [6.07, 6.45) is -0.0856. The summed E-state index contributed by atoms with van der Waals surface area (Å²) >= 11 is 3.51. The molecule has 0 aliphatic heterocycles. The van der Waals surface area contributed by atoms with Gasteiger partial charge in [0.05, 0.1) is 0 Å². The highest BCUT2D eigenvalue weighted by atomic mass is 32.1. The average molecular weight is 162 g/mol. The van der Waals surface area contributed by atoms with Gasteiger partial charge in [0.15, 0.2) is 0 Å². The van der Waals surface area contributed by atoms with Crippen molar-refractivity contribution in [1.29, 1.82) is 0 Å². The lowest BCUT2D eigenvalue weighted by Gasteiger charge is -2.25. The molecule has 0 N–H and O–H groups in total. The van der Waals surface area contributed by atoms with E-state index in [0.717, 1.165) is 0 Å². The molecule has 0 aliphatic rings. The van der Waals surface area contributed by atoms with Crippen LogP contribution in [-0.4, -0.2) is 11.4 Å². The molecule has 1 unspecified atom stereocenters. The van der Waals surface area contributed by atoms with Crippen LogP contribution in [0.15, 0.2) is 0 Å². The van der Waals surface area contributed by atoms with Crippen LogP contribution in [0.3, 0.4) is 0 Å². The Morgan fingerprint density at radius 2 is 1.90 bits per heavy atom. The van der Waals surface area contributed by atoms with Crippen LogP contribution < -0.4 is 0 Å². The summed E-state index contributed by atoms with van der Waals surface area (Å²) in [5, 5.41) is -0.512. The predicted molar refractivity (Wildman–Crippen MR) is 44.4 cm³/mol. The zero-order valence-corrected chi connectivity index (χ0v) is 7.74. The topological polar surface area (TPSA) is 26.3 Å². The van der Waals surface area contributed by atoms with Crippen molar-refractivity contribution in [2.24, 2.45) is 5.41 Å². The standard InChI is InChI=1S/C7H14O2S/c1-5(7(2,3)4)9-6(8)10/h5H,1-4H3,(H,8,10). The maximum Gasteiger partial charge on any atom is 0.364 e. The van der Waals surface area contributed by atoms with E-state index >= 15 is 0 Å². The second-order valence-corrected chi connectivity index (χ2v) is 3.76. The van der Waals surface area contributed by atoms with Crippen LogP contribution >= 0.6 is 12.6 Å². The first-order valence-electron chi connectivity index (χ1n) is 3.23. The van der Waals surface area contributed by atoms with Crippen LogP contribution in [-0.2, 0) is 4.74 Å². The van der Waals surface area contributed by atoms with E-state index in [-0.39, 0.29) is 11.5 Å². The molecule has 1 atom stereocenters. The highest BCUT2D eigenvalue weighted by Crippen LogP contribution is 2.21. The number of carbonyl (C=O) groups excluding carboxylic acids is 1. The van der Waals surface area contributed by atoms with Gasteiger partial charge in [-0.15, -0.1) is 0 Å². The SMILES string of the molecule is CC(OC(=O)S)C(C)(C)C. The van der Waals surface area contributed by atoms with Crippen LogP contribution in [0.25, 0.3) is 0 Å². The molecule has 0 spiro atoms. The number of carbonyl (C=O) groups is 1. The molecular weight excluding hydrogens is 148 g/mol. The Kier molecular flexibility index (Phi) is 3.22. The molecule has 0 saturated carbocycles. The van der Waals surface area contributed by atoms with Gasteiger partial charge in [-0.1, -0.05) is 33.4 Å². The summed E-state index contributed by atoms with van der Waals surface area (Å²) in [5.41, 5.74) is -0.00160. The summed E-state index contributed by atoms with van der Waals surface area (Å²) in [4.78, 5) is 10.3. The first kappa shape index (κ1) is 9.82. The molecular formula is C7H14O2S. The fourth-order valence-corrected chi connectivity index (χ4v) is 0.486. The molecule has 0 rings (SSSR count). The average Bonchev–Trinajstić information content (AvgIpc) is 1.60. The van der Waals surface area contributed by atoms with Gasteiger partial charge in [0.2, 0.25) is 0 Å². The molecule has 0 aromatic rings. The van der Waals surface area contributed by atoms with Gasteiger partial charge in [-0.2, -0.15) is 0 Å². The molecule has 0 aliphatic carbocycles. The van der Waals surface area contributed by atoms with Gasteiger partial charge in [0.25, 0.3) is 0 Å². The smallest absolute Gasteiger partial charge is 0.364 e. The highest BCUT2D eigenvalue weighted by Gasteiger charge is 2.22. The molecule has 10 heavy (non-hydrogen) atoms. The monoisotopic (exact) mass is 162 g/mol. The highest BCUT2D eigenvalue weighted by molar-refractivity contribution is 7.96. The molecule has 0 amide bonds. The fourth-order valence-electron chi connectivity index (χ4n) is 0.328. The molecule has 0 heterocycles. The van der Waals surface area contributed by atoms with Crippen LogP contribution in [0, 0.1) is 5.41 Å². The second kappa shape index (κ2) is 3.28. The third-order valence-electron chi connectivity index (χ3n) is 1.50.